The summed E-state index contributed by atoms with van der Waals surface area (Å²) in [6, 6.07) is 2.54. The SMILES string of the molecule is O=C(O)c1cccoc1=O. The summed E-state index contributed by atoms with van der Waals surface area (Å²) < 4.78 is 4.28. The molecule has 0 bridgehead atoms. The van der Waals surface area contributed by atoms with E-state index in [2.05, 4.69) is 4.42 Å². The Morgan fingerprint density at radius 2 is 2.30 bits per heavy atom. The van der Waals surface area contributed by atoms with Crippen molar-refractivity contribution in [2.24, 2.45) is 0 Å². The quantitative estimate of drug-likeness (QED) is 0.610. The Balaban J connectivity index is 3.29. The van der Waals surface area contributed by atoms with E-state index in [1.165, 1.54) is 12.1 Å². The average molecular weight is 140 g/mol. The largest absolute Gasteiger partial charge is 0.477 e. The molecule has 4 heteroatoms. The zero-order valence-corrected chi connectivity index (χ0v) is 4.90. The minimum Gasteiger partial charge on any atom is -0.477 e. The first-order valence-electron chi connectivity index (χ1n) is 2.53. The van der Waals surface area contributed by atoms with Crippen molar-refractivity contribution in [1.82, 2.24) is 0 Å². The maximum Gasteiger partial charge on any atom is 0.350 e. The molecule has 0 aliphatic carbocycles. The maximum absolute atomic E-state index is 10.5. The second-order valence-corrected chi connectivity index (χ2v) is 1.62. The lowest BCUT2D eigenvalue weighted by atomic mass is 10.3. The number of hydrogen-bond acceptors (Lipinski definition) is 3. The molecular weight excluding hydrogens is 136 g/mol. The van der Waals surface area contributed by atoms with Gasteiger partial charge >= 0.3 is 11.6 Å². The molecule has 0 aliphatic rings. The van der Waals surface area contributed by atoms with Crippen LogP contribution in [-0.2, 0) is 0 Å². The van der Waals surface area contributed by atoms with Gasteiger partial charge < -0.3 is 9.52 Å². The molecule has 0 fully saturated rings. The van der Waals surface area contributed by atoms with Gasteiger partial charge in [-0.1, -0.05) is 0 Å². The molecular formula is C6H4O4. The van der Waals surface area contributed by atoms with Gasteiger partial charge in [-0.2, -0.15) is 0 Å². The van der Waals surface area contributed by atoms with Crippen LogP contribution in [0.1, 0.15) is 10.4 Å². The predicted octanol–water partition coefficient (Wildman–Crippen LogP) is 0.338. The van der Waals surface area contributed by atoms with Crippen molar-refractivity contribution >= 4 is 5.97 Å². The summed E-state index contributed by atoms with van der Waals surface area (Å²) in [5.41, 5.74) is -1.17. The van der Waals surface area contributed by atoms with Gasteiger partial charge in [0.2, 0.25) is 0 Å². The van der Waals surface area contributed by atoms with Crippen LogP contribution in [0.3, 0.4) is 0 Å². The highest BCUT2D eigenvalue weighted by Crippen LogP contribution is 1.88. The summed E-state index contributed by atoms with van der Waals surface area (Å²) in [7, 11) is 0. The van der Waals surface area contributed by atoms with E-state index in [0.29, 0.717) is 0 Å². The Morgan fingerprint density at radius 3 is 2.70 bits per heavy atom. The normalized spacial score (nSPS) is 9.20. The van der Waals surface area contributed by atoms with Gasteiger partial charge in [0.15, 0.2) is 0 Å². The molecule has 0 amide bonds. The van der Waals surface area contributed by atoms with Crippen LogP contribution in [0.4, 0.5) is 0 Å². The third kappa shape index (κ3) is 1.05. The van der Waals surface area contributed by atoms with Crippen LogP contribution in [0, 0.1) is 0 Å². The van der Waals surface area contributed by atoms with Crippen LogP contribution in [-0.4, -0.2) is 11.1 Å². The molecule has 0 aromatic carbocycles. The molecule has 0 saturated heterocycles. The van der Waals surface area contributed by atoms with Gasteiger partial charge in [0.1, 0.15) is 5.56 Å². The monoisotopic (exact) mass is 140 g/mol. The molecule has 0 aliphatic heterocycles. The van der Waals surface area contributed by atoms with E-state index < -0.39 is 11.6 Å². The van der Waals surface area contributed by atoms with Crippen molar-refractivity contribution in [3.8, 4) is 0 Å². The second-order valence-electron chi connectivity index (χ2n) is 1.62. The summed E-state index contributed by atoms with van der Waals surface area (Å²) >= 11 is 0. The summed E-state index contributed by atoms with van der Waals surface area (Å²) in [4.78, 5) is 20.7. The van der Waals surface area contributed by atoms with Crippen molar-refractivity contribution in [1.29, 1.82) is 0 Å². The van der Waals surface area contributed by atoms with Gasteiger partial charge in [-0.3, -0.25) is 0 Å². The van der Waals surface area contributed by atoms with Crippen molar-refractivity contribution in [3.05, 3.63) is 34.4 Å². The molecule has 52 valence electrons. The predicted molar refractivity (Wildman–Crippen MR) is 31.9 cm³/mol. The van der Waals surface area contributed by atoms with E-state index in [1.807, 2.05) is 0 Å². The molecule has 4 nitrogen and oxygen atoms in total. The van der Waals surface area contributed by atoms with E-state index in [9.17, 15) is 9.59 Å². The fourth-order valence-electron chi connectivity index (χ4n) is 0.527. The number of aromatic carboxylic acids is 1. The number of carboxylic acid groups (broad SMARTS) is 1. The van der Waals surface area contributed by atoms with E-state index in [-0.39, 0.29) is 5.56 Å². The Morgan fingerprint density at radius 1 is 1.60 bits per heavy atom. The maximum atomic E-state index is 10.5. The molecule has 1 aromatic heterocycles. The first-order valence-corrected chi connectivity index (χ1v) is 2.53. The van der Waals surface area contributed by atoms with Crippen LogP contribution in [0.2, 0.25) is 0 Å². The standard InChI is InChI=1S/C6H4O4/c7-5(8)4-2-1-3-10-6(4)9/h1-3H,(H,7,8). The molecule has 0 atom stereocenters. The fraction of sp³-hybridized carbons (Fsp3) is 0. The molecule has 1 N–H and O–H groups in total. The van der Waals surface area contributed by atoms with Crippen LogP contribution >= 0.6 is 0 Å². The molecule has 0 saturated carbocycles. The van der Waals surface area contributed by atoms with Crippen LogP contribution in [0.5, 0.6) is 0 Å². The van der Waals surface area contributed by atoms with Crippen molar-refractivity contribution in [2.45, 2.75) is 0 Å². The number of carboxylic acids is 1. The minimum absolute atomic E-state index is 0.345. The van der Waals surface area contributed by atoms with E-state index in [1.54, 1.807) is 0 Å². The van der Waals surface area contributed by atoms with Crippen LogP contribution in [0.15, 0.2) is 27.6 Å². The highest BCUT2D eigenvalue weighted by Gasteiger charge is 2.06. The van der Waals surface area contributed by atoms with Gasteiger partial charge in [0.25, 0.3) is 0 Å². The van der Waals surface area contributed by atoms with Gasteiger partial charge in [-0.25, -0.2) is 9.59 Å². The smallest absolute Gasteiger partial charge is 0.350 e. The van der Waals surface area contributed by atoms with Gasteiger partial charge in [-0.05, 0) is 12.1 Å². The lowest BCUT2D eigenvalue weighted by Crippen LogP contribution is -2.11. The Kier molecular flexibility index (Phi) is 1.53. The Bertz CT molecular complexity index is 299. The second kappa shape index (κ2) is 2.34. The van der Waals surface area contributed by atoms with Crippen molar-refractivity contribution in [3.63, 3.8) is 0 Å². The summed E-state index contributed by atoms with van der Waals surface area (Å²) in [5.74, 6) is -1.27. The summed E-state index contributed by atoms with van der Waals surface area (Å²) in [6.45, 7) is 0. The first kappa shape index (κ1) is 6.54. The van der Waals surface area contributed by atoms with E-state index >= 15 is 0 Å². The number of rotatable bonds is 1. The van der Waals surface area contributed by atoms with E-state index in [4.69, 9.17) is 5.11 Å². The first-order chi connectivity index (χ1) is 4.72. The number of hydrogen-bond donors (Lipinski definition) is 1. The molecule has 0 radical (unpaired) electrons. The highest BCUT2D eigenvalue weighted by molar-refractivity contribution is 5.86. The molecule has 1 rings (SSSR count). The lowest BCUT2D eigenvalue weighted by Gasteiger charge is -1.86. The zero-order valence-electron chi connectivity index (χ0n) is 4.90. The summed E-state index contributed by atoms with van der Waals surface area (Å²) in [5, 5.41) is 8.31. The topological polar surface area (TPSA) is 67.5 Å². The molecule has 10 heavy (non-hydrogen) atoms. The molecule has 0 unspecified atom stereocenters. The average Bonchev–Trinajstić information content (AvgIpc) is 1.88. The highest BCUT2D eigenvalue weighted by atomic mass is 16.4. The minimum atomic E-state index is -1.27. The van der Waals surface area contributed by atoms with Crippen molar-refractivity contribution < 1.29 is 14.3 Å². The summed E-state index contributed by atoms with van der Waals surface area (Å²) in [6.07, 6.45) is 1.13. The van der Waals surface area contributed by atoms with Gasteiger partial charge in [-0.15, -0.1) is 0 Å². The van der Waals surface area contributed by atoms with Crippen LogP contribution in [0.25, 0.3) is 0 Å². The van der Waals surface area contributed by atoms with Gasteiger partial charge in [0.05, 0.1) is 6.26 Å². The Labute approximate surface area is 55.7 Å². The number of carbonyl (C=O) groups is 1. The fourth-order valence-corrected chi connectivity index (χ4v) is 0.527. The van der Waals surface area contributed by atoms with E-state index in [0.717, 1.165) is 6.26 Å². The molecule has 1 heterocycles. The van der Waals surface area contributed by atoms with Crippen LogP contribution < -0.4 is 5.63 Å². The van der Waals surface area contributed by atoms with Gasteiger partial charge in [0, 0.05) is 0 Å². The molecule has 0 spiro atoms. The molecule has 1 aromatic rings. The van der Waals surface area contributed by atoms with Crippen molar-refractivity contribution in [2.75, 3.05) is 0 Å². The third-order valence-corrected chi connectivity index (χ3v) is 0.967. The zero-order chi connectivity index (χ0) is 7.56. The third-order valence-electron chi connectivity index (χ3n) is 0.967. The lowest BCUT2D eigenvalue weighted by molar-refractivity contribution is 0.0692. The Hall–Kier alpha value is -1.58.